The molecule has 1 aliphatic heterocycles. The number of halogens is 1. The highest BCUT2D eigenvalue weighted by molar-refractivity contribution is 5.80. The highest BCUT2D eigenvalue weighted by Crippen LogP contribution is 2.52. The zero-order valence-corrected chi connectivity index (χ0v) is 15.4. The van der Waals surface area contributed by atoms with Crippen molar-refractivity contribution >= 4 is 5.96 Å². The van der Waals surface area contributed by atoms with E-state index in [9.17, 15) is 4.39 Å². The predicted octanol–water partition coefficient (Wildman–Crippen LogP) is 2.57. The van der Waals surface area contributed by atoms with Gasteiger partial charge in [0.05, 0.1) is 12.6 Å². The molecule has 5 nitrogen and oxygen atoms in total. The van der Waals surface area contributed by atoms with Crippen molar-refractivity contribution in [3.05, 3.63) is 30.1 Å². The Morgan fingerprint density at radius 1 is 1.44 bits per heavy atom. The molecule has 4 unspecified atom stereocenters. The van der Waals surface area contributed by atoms with Crippen LogP contribution < -0.4 is 15.4 Å². The second-order valence-corrected chi connectivity index (χ2v) is 7.50. The van der Waals surface area contributed by atoms with Crippen LogP contribution >= 0.6 is 0 Å². The number of hydrogen-bond acceptors (Lipinski definition) is 3. The van der Waals surface area contributed by atoms with Gasteiger partial charge in [-0.05, 0) is 25.5 Å². The zero-order valence-electron chi connectivity index (χ0n) is 15.4. The number of hydrogen-bond donors (Lipinski definition) is 2. The number of para-hydroxylation sites is 1. The van der Waals surface area contributed by atoms with Crippen molar-refractivity contribution in [1.29, 1.82) is 0 Å². The number of rotatable bonds is 5. The Bertz CT molecular complexity index is 635. The monoisotopic (exact) mass is 349 g/mol. The fourth-order valence-electron chi connectivity index (χ4n) is 4.00. The molecule has 2 N–H and O–H groups in total. The third kappa shape index (κ3) is 3.59. The van der Waals surface area contributed by atoms with E-state index >= 15 is 0 Å². The van der Waals surface area contributed by atoms with Crippen LogP contribution in [0.15, 0.2) is 29.3 Å². The summed E-state index contributed by atoms with van der Waals surface area (Å²) in [5.74, 6) is 1.21. The van der Waals surface area contributed by atoms with Crippen molar-refractivity contribution in [2.24, 2.45) is 16.3 Å². The Morgan fingerprint density at radius 2 is 2.20 bits per heavy atom. The maximum Gasteiger partial charge on any atom is 0.191 e. The molecule has 1 saturated carbocycles. The van der Waals surface area contributed by atoms with Crippen LogP contribution in [0.2, 0.25) is 0 Å². The molecule has 0 amide bonds. The summed E-state index contributed by atoms with van der Waals surface area (Å²) in [6, 6.07) is 6.79. The van der Waals surface area contributed by atoms with Crippen LogP contribution in [-0.4, -0.2) is 44.4 Å². The number of fused-ring (bicyclic) bond motifs is 1. The molecule has 0 aromatic heterocycles. The van der Waals surface area contributed by atoms with Gasteiger partial charge in [-0.1, -0.05) is 26.0 Å². The summed E-state index contributed by atoms with van der Waals surface area (Å²) in [7, 11) is 1.76. The van der Waals surface area contributed by atoms with Crippen LogP contribution in [0.5, 0.6) is 5.75 Å². The van der Waals surface area contributed by atoms with Crippen LogP contribution in [0.1, 0.15) is 27.2 Å². The van der Waals surface area contributed by atoms with Crippen LogP contribution in [0.4, 0.5) is 4.39 Å². The fraction of sp³-hybridized carbons (Fsp3) is 0.632. The largest absolute Gasteiger partial charge is 0.486 e. The van der Waals surface area contributed by atoms with E-state index < -0.39 is 0 Å². The third-order valence-corrected chi connectivity index (χ3v) is 5.34. The Hall–Kier alpha value is -1.82. The first-order chi connectivity index (χ1) is 11.9. The summed E-state index contributed by atoms with van der Waals surface area (Å²) in [4.78, 5) is 4.31. The minimum absolute atomic E-state index is 0.0913. The van der Waals surface area contributed by atoms with Gasteiger partial charge in [-0.3, -0.25) is 4.99 Å². The smallest absolute Gasteiger partial charge is 0.191 e. The number of aliphatic imine (C=N–C) groups is 1. The molecule has 6 heteroatoms. The molecule has 1 saturated heterocycles. The highest BCUT2D eigenvalue weighted by Gasteiger charge is 2.59. The van der Waals surface area contributed by atoms with Crippen molar-refractivity contribution in [2.45, 2.75) is 45.4 Å². The summed E-state index contributed by atoms with van der Waals surface area (Å²) >= 11 is 0. The van der Waals surface area contributed by atoms with E-state index in [0.29, 0.717) is 24.6 Å². The van der Waals surface area contributed by atoms with Gasteiger partial charge in [0.15, 0.2) is 17.5 Å². The number of nitrogens with zero attached hydrogens (tertiary/aromatic N) is 1. The topological polar surface area (TPSA) is 54.9 Å². The maximum absolute atomic E-state index is 13.7. The molecule has 25 heavy (non-hydrogen) atoms. The normalized spacial score (nSPS) is 28.7. The van der Waals surface area contributed by atoms with Gasteiger partial charge in [0.2, 0.25) is 0 Å². The first-order valence-corrected chi connectivity index (χ1v) is 8.93. The summed E-state index contributed by atoms with van der Waals surface area (Å²) < 4.78 is 25.1. The summed E-state index contributed by atoms with van der Waals surface area (Å²) in [5.41, 5.74) is 0.0913. The Balaban J connectivity index is 1.50. The molecule has 3 rings (SSSR count). The molecule has 138 valence electrons. The van der Waals surface area contributed by atoms with Crippen LogP contribution in [-0.2, 0) is 4.74 Å². The Kier molecular flexibility index (Phi) is 5.18. The number of benzene rings is 1. The minimum Gasteiger partial charge on any atom is -0.486 e. The van der Waals surface area contributed by atoms with Crippen molar-refractivity contribution < 1.29 is 13.9 Å². The molecule has 1 heterocycles. The van der Waals surface area contributed by atoms with E-state index in [1.54, 1.807) is 25.2 Å². The molecular formula is C19H28FN3O2. The lowest BCUT2D eigenvalue weighted by Gasteiger charge is -2.54. The zero-order chi connectivity index (χ0) is 18.0. The van der Waals surface area contributed by atoms with Gasteiger partial charge in [-0.15, -0.1) is 0 Å². The standard InChI is InChI=1S/C19H28FN3O2/c1-12(25-15-8-6-5-7-14(15)20)11-22-18(21-4)23-16-13-9-10-24-17(13)19(16,2)3/h5-8,12-13,16-17H,9-11H2,1-4H3,(H2,21,22,23). The van der Waals surface area contributed by atoms with E-state index in [2.05, 4.69) is 29.5 Å². The molecule has 2 aliphatic rings. The van der Waals surface area contributed by atoms with Gasteiger partial charge in [-0.2, -0.15) is 0 Å². The highest BCUT2D eigenvalue weighted by atomic mass is 19.1. The lowest BCUT2D eigenvalue weighted by Crippen LogP contribution is -2.68. The van der Waals surface area contributed by atoms with Crippen molar-refractivity contribution in [3.63, 3.8) is 0 Å². The quantitative estimate of drug-likeness (QED) is 0.634. The number of ether oxygens (including phenoxy) is 2. The molecule has 0 radical (unpaired) electrons. The second-order valence-electron chi connectivity index (χ2n) is 7.50. The van der Waals surface area contributed by atoms with Crippen LogP contribution in [0.25, 0.3) is 0 Å². The van der Waals surface area contributed by atoms with Gasteiger partial charge >= 0.3 is 0 Å². The lowest BCUT2D eigenvalue weighted by atomic mass is 9.57. The summed E-state index contributed by atoms with van der Waals surface area (Å²) in [6.07, 6.45) is 1.24. The maximum atomic E-state index is 13.7. The fourth-order valence-corrected chi connectivity index (χ4v) is 4.00. The average molecular weight is 349 g/mol. The van der Waals surface area contributed by atoms with E-state index in [0.717, 1.165) is 19.0 Å². The Morgan fingerprint density at radius 3 is 2.92 bits per heavy atom. The molecule has 0 spiro atoms. The minimum atomic E-state index is -0.347. The Labute approximate surface area is 149 Å². The van der Waals surface area contributed by atoms with Gasteiger partial charge < -0.3 is 20.1 Å². The van der Waals surface area contributed by atoms with Crippen LogP contribution in [0.3, 0.4) is 0 Å². The summed E-state index contributed by atoms with van der Waals surface area (Å²) in [6.45, 7) is 7.74. The SMILES string of the molecule is CN=C(NCC(C)Oc1ccccc1F)NC1C2CCOC2C1(C)C. The van der Waals surface area contributed by atoms with E-state index in [1.165, 1.54) is 6.07 Å². The lowest BCUT2D eigenvalue weighted by molar-refractivity contribution is -0.106. The molecule has 2 fully saturated rings. The molecule has 4 atom stereocenters. The first kappa shape index (κ1) is 18.0. The van der Waals surface area contributed by atoms with Gasteiger partial charge in [0, 0.05) is 31.0 Å². The van der Waals surface area contributed by atoms with E-state index in [1.807, 2.05) is 6.92 Å². The summed E-state index contributed by atoms with van der Waals surface area (Å²) in [5, 5.41) is 6.80. The van der Waals surface area contributed by atoms with Crippen molar-refractivity contribution in [3.8, 4) is 5.75 Å². The van der Waals surface area contributed by atoms with E-state index in [4.69, 9.17) is 9.47 Å². The molecule has 1 aromatic carbocycles. The average Bonchev–Trinajstić information content (AvgIpc) is 3.04. The second kappa shape index (κ2) is 7.20. The van der Waals surface area contributed by atoms with Gasteiger partial charge in [0.25, 0.3) is 0 Å². The molecule has 0 bridgehead atoms. The first-order valence-electron chi connectivity index (χ1n) is 8.93. The molecular weight excluding hydrogens is 321 g/mol. The van der Waals surface area contributed by atoms with Crippen molar-refractivity contribution in [2.75, 3.05) is 20.2 Å². The van der Waals surface area contributed by atoms with Gasteiger partial charge in [-0.25, -0.2) is 4.39 Å². The number of nitrogens with one attached hydrogen (secondary N) is 2. The number of guanidine groups is 1. The van der Waals surface area contributed by atoms with Crippen LogP contribution in [0, 0.1) is 17.2 Å². The molecule has 1 aliphatic carbocycles. The molecule has 1 aromatic rings. The predicted molar refractivity (Wildman–Crippen MR) is 96.4 cm³/mol. The van der Waals surface area contributed by atoms with Crippen molar-refractivity contribution in [1.82, 2.24) is 10.6 Å². The van der Waals surface area contributed by atoms with E-state index in [-0.39, 0.29) is 23.1 Å². The third-order valence-electron chi connectivity index (χ3n) is 5.34. The van der Waals surface area contributed by atoms with Gasteiger partial charge in [0.1, 0.15) is 6.10 Å².